The van der Waals surface area contributed by atoms with Crippen LogP contribution in [0, 0.1) is 11.8 Å². The summed E-state index contributed by atoms with van der Waals surface area (Å²) in [6, 6.07) is 10.4. The van der Waals surface area contributed by atoms with Gasteiger partial charge in [-0.15, -0.1) is 0 Å². The first-order valence-corrected chi connectivity index (χ1v) is 13.7. The van der Waals surface area contributed by atoms with E-state index in [2.05, 4.69) is 59.4 Å². The van der Waals surface area contributed by atoms with Gasteiger partial charge in [0.15, 0.2) is 0 Å². The number of aromatic nitrogens is 1. The van der Waals surface area contributed by atoms with Crippen molar-refractivity contribution in [2.45, 2.75) is 83.2 Å². The number of carbonyl (C=O) groups excluding carboxylic acids is 2. The van der Waals surface area contributed by atoms with Gasteiger partial charge in [-0.05, 0) is 73.7 Å². The first-order valence-electron chi connectivity index (χ1n) is 13.7. The minimum absolute atomic E-state index is 0.0194. The fraction of sp³-hybridized carbons (Fsp3) is 0.567. The van der Waals surface area contributed by atoms with E-state index >= 15 is 0 Å². The Kier molecular flexibility index (Phi) is 8.78. The normalized spacial score (nSPS) is 20.4. The van der Waals surface area contributed by atoms with E-state index in [-0.39, 0.29) is 23.8 Å². The Bertz CT molecular complexity index is 1050. The van der Waals surface area contributed by atoms with Crippen LogP contribution in [-0.4, -0.2) is 41.3 Å². The number of carbonyl (C=O) groups is 2. The number of rotatable bonds is 9. The van der Waals surface area contributed by atoms with Crippen molar-refractivity contribution in [3.63, 3.8) is 0 Å². The topological polar surface area (TPSA) is 88.3 Å². The molecule has 0 radical (unpaired) electrons. The predicted molar refractivity (Wildman–Crippen MR) is 144 cm³/mol. The molecule has 2 aliphatic rings. The summed E-state index contributed by atoms with van der Waals surface area (Å²) in [6.07, 6.45) is 11.9. The summed E-state index contributed by atoms with van der Waals surface area (Å²) in [5, 5.41) is 3.04. The molecule has 6 heteroatoms. The second-order valence-electron chi connectivity index (χ2n) is 11.0. The number of hydrogen-bond acceptors (Lipinski definition) is 4. The second-order valence-corrected chi connectivity index (χ2v) is 11.0. The van der Waals surface area contributed by atoms with Crippen LogP contribution in [0.15, 0.2) is 42.7 Å². The van der Waals surface area contributed by atoms with E-state index in [0.717, 1.165) is 61.8 Å². The molecule has 1 aromatic heterocycles. The number of primary amides is 1. The molecule has 194 valence electrons. The molecule has 1 aromatic carbocycles. The van der Waals surface area contributed by atoms with Crippen LogP contribution in [0.4, 0.5) is 0 Å². The van der Waals surface area contributed by atoms with Crippen LogP contribution in [-0.2, 0) is 9.59 Å². The van der Waals surface area contributed by atoms with Crippen LogP contribution in [0.1, 0.15) is 88.3 Å². The van der Waals surface area contributed by atoms with Gasteiger partial charge < -0.3 is 16.0 Å². The second kappa shape index (κ2) is 12.0. The molecule has 3 unspecified atom stereocenters. The smallest absolute Gasteiger partial charge is 0.234 e. The van der Waals surface area contributed by atoms with Crippen LogP contribution in [0.5, 0.6) is 0 Å². The highest BCUT2D eigenvalue weighted by Gasteiger charge is 2.39. The van der Waals surface area contributed by atoms with Crippen molar-refractivity contribution in [2.75, 3.05) is 13.6 Å². The average Bonchev–Trinajstić information content (AvgIpc) is 3.39. The van der Waals surface area contributed by atoms with Crippen molar-refractivity contribution in [1.82, 2.24) is 15.2 Å². The van der Waals surface area contributed by atoms with Crippen molar-refractivity contribution >= 4 is 11.8 Å². The van der Waals surface area contributed by atoms with Gasteiger partial charge in [0.25, 0.3) is 0 Å². The molecule has 0 bridgehead atoms. The fourth-order valence-corrected chi connectivity index (χ4v) is 6.13. The summed E-state index contributed by atoms with van der Waals surface area (Å²) in [6.45, 7) is 5.16. The van der Waals surface area contributed by atoms with Crippen molar-refractivity contribution in [1.29, 1.82) is 0 Å². The molecule has 3 atom stereocenters. The van der Waals surface area contributed by atoms with E-state index < -0.39 is 6.04 Å². The third kappa shape index (κ3) is 5.97. The SMILES string of the molecule is CNC(CC(C(=O)N1CCCC1c1cncc(-c2cccc(C(C)C)c2)c1)C1CCCCC1)C(N)=O. The van der Waals surface area contributed by atoms with Gasteiger partial charge in [0.2, 0.25) is 11.8 Å². The fourth-order valence-electron chi connectivity index (χ4n) is 6.13. The standard InChI is InChI=1S/C30H42N4O2/c1-20(2)22-11-7-12-23(15-22)24-16-25(19-33-18-24)28-13-8-14-34(28)30(36)26(17-27(32-3)29(31)35)21-9-5-4-6-10-21/h7,11-12,15-16,18-21,26-28,32H,4-6,8-10,13-14,17H2,1-3H3,(H2,31,35). The molecule has 1 aliphatic heterocycles. The van der Waals surface area contributed by atoms with Gasteiger partial charge >= 0.3 is 0 Å². The van der Waals surface area contributed by atoms with E-state index in [0.29, 0.717) is 18.3 Å². The molecular weight excluding hydrogens is 448 g/mol. The van der Waals surface area contributed by atoms with Gasteiger partial charge in [0.1, 0.15) is 0 Å². The lowest BCUT2D eigenvalue weighted by Gasteiger charge is -2.36. The molecular formula is C30H42N4O2. The zero-order chi connectivity index (χ0) is 25.7. The molecule has 4 rings (SSSR count). The van der Waals surface area contributed by atoms with E-state index in [1.807, 2.05) is 12.4 Å². The number of nitrogens with one attached hydrogen (secondary N) is 1. The van der Waals surface area contributed by atoms with Crippen LogP contribution in [0.2, 0.25) is 0 Å². The van der Waals surface area contributed by atoms with Gasteiger partial charge in [-0.1, -0.05) is 57.4 Å². The Morgan fingerprint density at radius 3 is 2.53 bits per heavy atom. The lowest BCUT2D eigenvalue weighted by Crippen LogP contribution is -2.46. The minimum Gasteiger partial charge on any atom is -0.368 e. The molecule has 0 spiro atoms. The number of nitrogens with zero attached hydrogens (tertiary/aromatic N) is 2. The monoisotopic (exact) mass is 490 g/mol. The lowest BCUT2D eigenvalue weighted by molar-refractivity contribution is -0.139. The molecule has 2 aromatic rings. The third-order valence-corrected chi connectivity index (χ3v) is 8.28. The predicted octanol–water partition coefficient (Wildman–Crippen LogP) is 5.20. The van der Waals surface area contributed by atoms with Crippen LogP contribution >= 0.6 is 0 Å². The molecule has 2 amide bonds. The highest BCUT2D eigenvalue weighted by Crippen LogP contribution is 2.39. The maximum Gasteiger partial charge on any atom is 0.234 e. The Morgan fingerprint density at radius 2 is 1.83 bits per heavy atom. The Morgan fingerprint density at radius 1 is 1.06 bits per heavy atom. The molecule has 1 aliphatic carbocycles. The number of benzene rings is 1. The van der Waals surface area contributed by atoms with Crippen molar-refractivity contribution in [3.8, 4) is 11.1 Å². The van der Waals surface area contributed by atoms with Gasteiger partial charge in [0, 0.05) is 30.4 Å². The van der Waals surface area contributed by atoms with Crippen molar-refractivity contribution in [3.05, 3.63) is 53.9 Å². The first kappa shape index (κ1) is 26.3. The number of likely N-dealkylation sites (N-methyl/N-ethyl adjacent to an activating group) is 1. The maximum absolute atomic E-state index is 14.1. The summed E-state index contributed by atoms with van der Waals surface area (Å²) in [5.74, 6) is 0.381. The zero-order valence-corrected chi connectivity index (χ0v) is 22.1. The molecule has 6 nitrogen and oxygen atoms in total. The summed E-state index contributed by atoms with van der Waals surface area (Å²) >= 11 is 0. The van der Waals surface area contributed by atoms with Crippen LogP contribution in [0.3, 0.4) is 0 Å². The highest BCUT2D eigenvalue weighted by atomic mass is 16.2. The average molecular weight is 491 g/mol. The van der Waals surface area contributed by atoms with Gasteiger partial charge in [-0.3, -0.25) is 14.6 Å². The molecule has 2 fully saturated rings. The molecule has 2 heterocycles. The largest absolute Gasteiger partial charge is 0.368 e. The Labute approximate surface area is 216 Å². The lowest BCUT2D eigenvalue weighted by atomic mass is 9.76. The van der Waals surface area contributed by atoms with Gasteiger partial charge in [-0.25, -0.2) is 0 Å². The molecule has 3 N–H and O–H groups in total. The minimum atomic E-state index is -0.486. The Hall–Kier alpha value is -2.73. The van der Waals surface area contributed by atoms with Gasteiger partial charge in [0.05, 0.1) is 12.1 Å². The van der Waals surface area contributed by atoms with Crippen LogP contribution < -0.4 is 11.1 Å². The summed E-state index contributed by atoms with van der Waals surface area (Å²) < 4.78 is 0. The van der Waals surface area contributed by atoms with Crippen LogP contribution in [0.25, 0.3) is 11.1 Å². The molecule has 36 heavy (non-hydrogen) atoms. The number of likely N-dealkylation sites (tertiary alicyclic amines) is 1. The summed E-state index contributed by atoms with van der Waals surface area (Å²) in [5.41, 5.74) is 10.3. The molecule has 1 saturated carbocycles. The van der Waals surface area contributed by atoms with Crippen molar-refractivity contribution < 1.29 is 9.59 Å². The highest BCUT2D eigenvalue weighted by molar-refractivity contribution is 5.83. The zero-order valence-electron chi connectivity index (χ0n) is 22.1. The van der Waals surface area contributed by atoms with Crippen molar-refractivity contribution in [2.24, 2.45) is 17.6 Å². The summed E-state index contributed by atoms with van der Waals surface area (Å²) in [7, 11) is 1.75. The van der Waals surface area contributed by atoms with E-state index in [1.165, 1.54) is 12.0 Å². The number of pyridine rings is 1. The quantitative estimate of drug-likeness (QED) is 0.506. The summed E-state index contributed by atoms with van der Waals surface area (Å²) in [4.78, 5) is 32.8. The third-order valence-electron chi connectivity index (χ3n) is 8.28. The number of nitrogens with two attached hydrogens (primary N) is 1. The Balaban J connectivity index is 1.60. The molecule has 1 saturated heterocycles. The van der Waals surface area contributed by atoms with E-state index in [9.17, 15) is 9.59 Å². The van der Waals surface area contributed by atoms with E-state index in [4.69, 9.17) is 5.73 Å². The number of amides is 2. The van der Waals surface area contributed by atoms with E-state index in [1.54, 1.807) is 7.05 Å². The number of hydrogen-bond donors (Lipinski definition) is 2. The maximum atomic E-state index is 14.1. The first-order chi connectivity index (χ1) is 17.4. The van der Waals surface area contributed by atoms with Gasteiger partial charge in [-0.2, -0.15) is 0 Å².